The summed E-state index contributed by atoms with van der Waals surface area (Å²) in [5.74, 6) is 0. The fourth-order valence-corrected chi connectivity index (χ4v) is 6.16. The topological polar surface area (TPSA) is 34.1 Å². The molecule has 0 aliphatic heterocycles. The lowest BCUT2D eigenvalue weighted by atomic mass is 9.99. The number of hydrogen-bond donors (Lipinski definition) is 0. The maximum absolute atomic E-state index is 13.9. The zero-order valence-corrected chi connectivity index (χ0v) is 20.5. The second-order valence-corrected chi connectivity index (χ2v) is 10.8. The molecule has 0 heterocycles. The van der Waals surface area contributed by atoms with Crippen LogP contribution in [0.5, 0.6) is 0 Å². The van der Waals surface area contributed by atoms with E-state index in [1.54, 1.807) is 12.1 Å². The van der Waals surface area contributed by atoms with Gasteiger partial charge in [0.05, 0.1) is 9.79 Å². The second kappa shape index (κ2) is 9.36. The molecule has 0 saturated carbocycles. The Morgan fingerprint density at radius 1 is 0.515 bits per heavy atom. The third kappa shape index (κ3) is 4.94. The van der Waals surface area contributed by atoms with E-state index in [-0.39, 0.29) is 0 Å². The summed E-state index contributed by atoms with van der Waals surface area (Å²) in [4.78, 5) is 0.774. The average molecular weight is 455 g/mol. The molecule has 2 nitrogen and oxygen atoms in total. The van der Waals surface area contributed by atoms with Gasteiger partial charge >= 0.3 is 0 Å². The average Bonchev–Trinajstić information content (AvgIpc) is 2.78. The molecule has 0 saturated heterocycles. The number of aryl methyl sites for hydroxylation is 4. The van der Waals surface area contributed by atoms with Crippen molar-refractivity contribution in [1.82, 2.24) is 0 Å². The fourth-order valence-electron chi connectivity index (χ4n) is 4.44. The SMILES string of the molecule is Cc1ccc(Cc2ccccc2S(=O)(=O)c2ccccc2Cc2ccc(C)cc2C)c(C)c1. The molecule has 0 amide bonds. The molecule has 4 aromatic carbocycles. The van der Waals surface area contributed by atoms with Crippen LogP contribution in [0, 0.1) is 27.7 Å². The lowest BCUT2D eigenvalue weighted by Crippen LogP contribution is -2.10. The molecule has 3 heteroatoms. The van der Waals surface area contributed by atoms with Crippen molar-refractivity contribution in [3.8, 4) is 0 Å². The Kier molecular flexibility index (Phi) is 6.53. The van der Waals surface area contributed by atoms with E-state index in [1.165, 1.54) is 22.3 Å². The van der Waals surface area contributed by atoms with E-state index >= 15 is 0 Å². The van der Waals surface area contributed by atoms with Crippen molar-refractivity contribution in [1.29, 1.82) is 0 Å². The van der Waals surface area contributed by atoms with Crippen LogP contribution in [0.3, 0.4) is 0 Å². The van der Waals surface area contributed by atoms with E-state index in [1.807, 2.05) is 36.4 Å². The van der Waals surface area contributed by atoms with E-state index in [2.05, 4.69) is 64.1 Å². The smallest absolute Gasteiger partial charge is 0.207 e. The monoisotopic (exact) mass is 454 g/mol. The Morgan fingerprint density at radius 3 is 1.30 bits per heavy atom. The molecule has 4 aromatic rings. The van der Waals surface area contributed by atoms with Gasteiger partial charge in [-0.25, -0.2) is 8.42 Å². The van der Waals surface area contributed by atoms with Gasteiger partial charge in [-0.05, 0) is 86.1 Å². The summed E-state index contributed by atoms with van der Waals surface area (Å²) < 4.78 is 27.9. The first-order valence-corrected chi connectivity index (χ1v) is 12.8. The molecule has 0 N–H and O–H groups in total. The van der Waals surface area contributed by atoms with Crippen LogP contribution < -0.4 is 0 Å². The highest BCUT2D eigenvalue weighted by molar-refractivity contribution is 7.91. The van der Waals surface area contributed by atoms with Crippen LogP contribution >= 0.6 is 0 Å². The van der Waals surface area contributed by atoms with Gasteiger partial charge in [-0.1, -0.05) is 83.9 Å². The van der Waals surface area contributed by atoms with Gasteiger partial charge in [0.1, 0.15) is 0 Å². The molecule has 168 valence electrons. The first kappa shape index (κ1) is 23.0. The van der Waals surface area contributed by atoms with Crippen LogP contribution in [0.4, 0.5) is 0 Å². The van der Waals surface area contributed by atoms with Crippen LogP contribution in [-0.4, -0.2) is 8.42 Å². The molecule has 33 heavy (non-hydrogen) atoms. The number of benzene rings is 4. The third-order valence-electron chi connectivity index (χ3n) is 6.28. The van der Waals surface area contributed by atoms with Gasteiger partial charge in [0.25, 0.3) is 0 Å². The van der Waals surface area contributed by atoms with Crippen LogP contribution in [0.2, 0.25) is 0 Å². The normalized spacial score (nSPS) is 11.5. The molecule has 0 bridgehead atoms. The Balaban J connectivity index is 1.76. The van der Waals surface area contributed by atoms with Gasteiger partial charge in [-0.2, -0.15) is 0 Å². The van der Waals surface area contributed by atoms with Crippen molar-refractivity contribution < 1.29 is 8.42 Å². The highest BCUT2D eigenvalue weighted by atomic mass is 32.2. The van der Waals surface area contributed by atoms with Crippen molar-refractivity contribution in [3.63, 3.8) is 0 Å². The predicted molar refractivity (Wildman–Crippen MR) is 136 cm³/mol. The lowest BCUT2D eigenvalue weighted by Gasteiger charge is -2.16. The zero-order chi connectivity index (χ0) is 23.6. The molecule has 0 aromatic heterocycles. The quantitative estimate of drug-likeness (QED) is 0.316. The molecule has 0 aliphatic carbocycles. The first-order chi connectivity index (χ1) is 15.8. The minimum absolute atomic E-state index is 0.387. The molecular formula is C30H30O2S. The summed E-state index contributed by atoms with van der Waals surface area (Å²) in [6.45, 7) is 8.31. The van der Waals surface area contributed by atoms with Gasteiger partial charge in [0, 0.05) is 0 Å². The van der Waals surface area contributed by atoms with Crippen LogP contribution in [0.1, 0.15) is 44.5 Å². The molecule has 0 spiro atoms. The second-order valence-electron chi connectivity index (χ2n) is 8.93. The van der Waals surface area contributed by atoms with Crippen LogP contribution in [0.25, 0.3) is 0 Å². The van der Waals surface area contributed by atoms with E-state index < -0.39 is 9.84 Å². The van der Waals surface area contributed by atoms with Crippen molar-refractivity contribution in [2.45, 2.75) is 50.3 Å². The molecule has 0 radical (unpaired) electrons. The highest BCUT2D eigenvalue weighted by Gasteiger charge is 2.24. The molecule has 0 unspecified atom stereocenters. The van der Waals surface area contributed by atoms with Gasteiger partial charge in [-0.15, -0.1) is 0 Å². The Labute approximate surface area is 197 Å². The van der Waals surface area contributed by atoms with Crippen molar-refractivity contribution in [2.75, 3.05) is 0 Å². The summed E-state index contributed by atoms with van der Waals surface area (Å²) in [5, 5.41) is 0. The minimum atomic E-state index is -3.68. The van der Waals surface area contributed by atoms with E-state index in [0.717, 1.165) is 22.3 Å². The van der Waals surface area contributed by atoms with Crippen LogP contribution in [-0.2, 0) is 22.7 Å². The standard InChI is InChI=1S/C30H30O2S/c1-21-13-15-25(23(3)17-21)19-27-9-5-7-11-29(27)33(31,32)30-12-8-6-10-28(30)20-26-16-14-22(2)18-24(26)4/h5-18H,19-20H2,1-4H3. The zero-order valence-electron chi connectivity index (χ0n) is 19.7. The molecule has 0 fully saturated rings. The van der Waals surface area contributed by atoms with Gasteiger partial charge < -0.3 is 0 Å². The number of rotatable bonds is 6. The number of sulfone groups is 1. The fraction of sp³-hybridized carbons (Fsp3) is 0.200. The van der Waals surface area contributed by atoms with Gasteiger partial charge in [-0.3, -0.25) is 0 Å². The summed E-state index contributed by atoms with van der Waals surface area (Å²) in [7, 11) is -3.68. The van der Waals surface area contributed by atoms with Crippen LogP contribution in [0.15, 0.2) is 94.7 Å². The maximum atomic E-state index is 13.9. The minimum Gasteiger partial charge on any atom is -0.218 e. The molecule has 0 atom stereocenters. The largest absolute Gasteiger partial charge is 0.218 e. The summed E-state index contributed by atoms with van der Waals surface area (Å²) in [5.41, 5.74) is 8.71. The maximum Gasteiger partial charge on any atom is 0.207 e. The van der Waals surface area contributed by atoms with Gasteiger partial charge in [0.2, 0.25) is 9.84 Å². The van der Waals surface area contributed by atoms with Crippen molar-refractivity contribution in [2.24, 2.45) is 0 Å². The summed E-state index contributed by atoms with van der Waals surface area (Å²) in [6, 6.07) is 27.4. The first-order valence-electron chi connectivity index (χ1n) is 11.3. The molecule has 4 rings (SSSR count). The molecular weight excluding hydrogens is 424 g/mol. The lowest BCUT2D eigenvalue weighted by molar-refractivity contribution is 0.594. The van der Waals surface area contributed by atoms with E-state index in [0.29, 0.717) is 22.6 Å². The van der Waals surface area contributed by atoms with E-state index in [9.17, 15) is 8.42 Å². The van der Waals surface area contributed by atoms with Crippen molar-refractivity contribution in [3.05, 3.63) is 129 Å². The number of hydrogen-bond acceptors (Lipinski definition) is 2. The predicted octanol–water partition coefficient (Wildman–Crippen LogP) is 6.93. The van der Waals surface area contributed by atoms with E-state index in [4.69, 9.17) is 0 Å². The summed E-state index contributed by atoms with van der Waals surface area (Å²) >= 11 is 0. The third-order valence-corrected chi connectivity index (χ3v) is 8.24. The Morgan fingerprint density at radius 2 is 0.909 bits per heavy atom. The van der Waals surface area contributed by atoms with Gasteiger partial charge in [0.15, 0.2) is 0 Å². The molecule has 0 aliphatic rings. The highest BCUT2D eigenvalue weighted by Crippen LogP contribution is 2.30. The Hall–Kier alpha value is -3.17. The Bertz CT molecular complexity index is 1310. The van der Waals surface area contributed by atoms with Crippen molar-refractivity contribution >= 4 is 9.84 Å². The summed E-state index contributed by atoms with van der Waals surface area (Å²) in [6.07, 6.45) is 1.17.